The third-order valence-electron chi connectivity index (χ3n) is 2.49. The van der Waals surface area contributed by atoms with E-state index >= 15 is 0 Å². The van der Waals surface area contributed by atoms with Gasteiger partial charge in [0.05, 0.1) is 6.10 Å². The standard InChI is InChI=1S/C13H22O/c1-6-7-8-12(10(2)3)9-13(14)11(4)5/h6,12-14H,1-2,4,7-9H2,3,5H3. The van der Waals surface area contributed by atoms with Gasteiger partial charge in [0, 0.05) is 0 Å². The van der Waals surface area contributed by atoms with Gasteiger partial charge in [0.1, 0.15) is 0 Å². The van der Waals surface area contributed by atoms with Crippen molar-refractivity contribution in [2.75, 3.05) is 0 Å². The maximum absolute atomic E-state index is 9.68. The lowest BCUT2D eigenvalue weighted by Crippen LogP contribution is -2.15. The zero-order valence-electron chi connectivity index (χ0n) is 9.42. The van der Waals surface area contributed by atoms with E-state index in [-0.39, 0.29) is 0 Å². The molecule has 0 aromatic rings. The molecule has 0 heterocycles. The molecule has 1 N–H and O–H groups in total. The molecule has 0 amide bonds. The van der Waals surface area contributed by atoms with Crippen LogP contribution >= 0.6 is 0 Å². The zero-order chi connectivity index (χ0) is 11.1. The van der Waals surface area contributed by atoms with Crippen LogP contribution in [0.25, 0.3) is 0 Å². The summed E-state index contributed by atoms with van der Waals surface area (Å²) in [5.74, 6) is 0.375. The van der Waals surface area contributed by atoms with Gasteiger partial charge in [-0.2, -0.15) is 0 Å². The molecule has 1 heteroatoms. The van der Waals surface area contributed by atoms with Crippen LogP contribution in [0, 0.1) is 5.92 Å². The molecular formula is C13H22O. The molecule has 0 aromatic heterocycles. The van der Waals surface area contributed by atoms with Crippen molar-refractivity contribution in [2.45, 2.75) is 39.2 Å². The Morgan fingerprint density at radius 3 is 2.21 bits per heavy atom. The van der Waals surface area contributed by atoms with Gasteiger partial charge in [-0.3, -0.25) is 0 Å². The van der Waals surface area contributed by atoms with E-state index in [1.165, 1.54) is 0 Å². The van der Waals surface area contributed by atoms with Crippen molar-refractivity contribution in [3.8, 4) is 0 Å². The Hall–Kier alpha value is -0.820. The van der Waals surface area contributed by atoms with Crippen LogP contribution in [0.1, 0.15) is 33.1 Å². The predicted molar refractivity (Wildman–Crippen MR) is 63.2 cm³/mol. The van der Waals surface area contributed by atoms with Gasteiger partial charge in [0.2, 0.25) is 0 Å². The van der Waals surface area contributed by atoms with Crippen molar-refractivity contribution in [3.05, 3.63) is 37.0 Å². The van der Waals surface area contributed by atoms with Gasteiger partial charge in [0.15, 0.2) is 0 Å². The van der Waals surface area contributed by atoms with Gasteiger partial charge in [-0.15, -0.1) is 6.58 Å². The van der Waals surface area contributed by atoms with E-state index in [9.17, 15) is 5.11 Å². The van der Waals surface area contributed by atoms with Crippen LogP contribution in [0.4, 0.5) is 0 Å². The second-order valence-corrected chi connectivity index (χ2v) is 4.01. The van der Waals surface area contributed by atoms with Crippen LogP contribution in [0.3, 0.4) is 0 Å². The van der Waals surface area contributed by atoms with E-state index in [1.807, 2.05) is 19.9 Å². The molecule has 0 aliphatic carbocycles. The molecule has 0 aliphatic heterocycles. The molecule has 2 unspecified atom stereocenters. The van der Waals surface area contributed by atoms with Gasteiger partial charge in [-0.05, 0) is 39.0 Å². The minimum Gasteiger partial charge on any atom is -0.389 e. The molecule has 0 aromatic carbocycles. The SMILES string of the molecule is C=CCCC(CC(O)C(=C)C)C(=C)C. The van der Waals surface area contributed by atoms with Gasteiger partial charge in [-0.1, -0.05) is 30.4 Å². The van der Waals surface area contributed by atoms with E-state index in [4.69, 9.17) is 0 Å². The van der Waals surface area contributed by atoms with Crippen molar-refractivity contribution >= 4 is 0 Å². The van der Waals surface area contributed by atoms with E-state index in [2.05, 4.69) is 19.7 Å². The molecule has 0 fully saturated rings. The fraction of sp³-hybridized carbons (Fsp3) is 0.538. The molecule has 0 rings (SSSR count). The third-order valence-corrected chi connectivity index (χ3v) is 2.49. The zero-order valence-corrected chi connectivity index (χ0v) is 9.42. The first-order valence-corrected chi connectivity index (χ1v) is 5.08. The maximum Gasteiger partial charge on any atom is 0.0750 e. The van der Waals surface area contributed by atoms with Crippen LogP contribution in [-0.2, 0) is 0 Å². The topological polar surface area (TPSA) is 20.2 Å². The van der Waals surface area contributed by atoms with E-state index < -0.39 is 6.10 Å². The molecule has 0 radical (unpaired) electrons. The second-order valence-electron chi connectivity index (χ2n) is 4.01. The first-order valence-electron chi connectivity index (χ1n) is 5.08. The summed E-state index contributed by atoms with van der Waals surface area (Å²) in [5, 5.41) is 9.68. The molecule has 0 spiro atoms. The average molecular weight is 194 g/mol. The van der Waals surface area contributed by atoms with E-state index in [0.29, 0.717) is 5.92 Å². The van der Waals surface area contributed by atoms with Crippen molar-refractivity contribution in [3.63, 3.8) is 0 Å². The molecular weight excluding hydrogens is 172 g/mol. The van der Waals surface area contributed by atoms with Gasteiger partial charge in [-0.25, -0.2) is 0 Å². The molecule has 1 nitrogen and oxygen atoms in total. The number of rotatable bonds is 7. The lowest BCUT2D eigenvalue weighted by molar-refractivity contribution is 0.181. The summed E-state index contributed by atoms with van der Waals surface area (Å²) in [4.78, 5) is 0. The Morgan fingerprint density at radius 2 is 1.86 bits per heavy atom. The predicted octanol–water partition coefficient (Wildman–Crippen LogP) is 3.47. The largest absolute Gasteiger partial charge is 0.389 e. The summed E-state index contributed by atoms with van der Waals surface area (Å²) in [6.45, 7) is 15.3. The Bertz CT molecular complexity index is 215. The Kier molecular flexibility index (Phi) is 6.22. The van der Waals surface area contributed by atoms with Crippen LogP contribution in [0.5, 0.6) is 0 Å². The lowest BCUT2D eigenvalue weighted by Gasteiger charge is -2.20. The number of hydrogen-bond donors (Lipinski definition) is 1. The van der Waals surface area contributed by atoms with Gasteiger partial charge in [0.25, 0.3) is 0 Å². The number of aliphatic hydroxyl groups excluding tert-OH is 1. The molecule has 0 saturated carbocycles. The highest BCUT2D eigenvalue weighted by molar-refractivity contribution is 5.03. The van der Waals surface area contributed by atoms with Crippen LogP contribution < -0.4 is 0 Å². The monoisotopic (exact) mass is 194 g/mol. The summed E-state index contributed by atoms with van der Waals surface area (Å²) >= 11 is 0. The first-order chi connectivity index (χ1) is 6.49. The molecule has 0 saturated heterocycles. The first kappa shape index (κ1) is 13.2. The minimum absolute atomic E-state index is 0.375. The summed E-state index contributed by atoms with van der Waals surface area (Å²) < 4.78 is 0. The smallest absolute Gasteiger partial charge is 0.0750 e. The van der Waals surface area contributed by atoms with Crippen LogP contribution in [-0.4, -0.2) is 11.2 Å². The Labute approximate surface area is 87.8 Å². The van der Waals surface area contributed by atoms with E-state index in [0.717, 1.165) is 30.4 Å². The summed E-state index contributed by atoms with van der Waals surface area (Å²) in [6, 6.07) is 0. The quantitative estimate of drug-likeness (QED) is 0.615. The summed E-state index contributed by atoms with van der Waals surface area (Å²) in [7, 11) is 0. The highest BCUT2D eigenvalue weighted by atomic mass is 16.3. The molecule has 2 atom stereocenters. The number of aliphatic hydroxyl groups is 1. The highest BCUT2D eigenvalue weighted by Crippen LogP contribution is 2.23. The Balaban J connectivity index is 4.15. The minimum atomic E-state index is -0.401. The highest BCUT2D eigenvalue weighted by Gasteiger charge is 2.14. The number of allylic oxidation sites excluding steroid dienone is 2. The van der Waals surface area contributed by atoms with E-state index in [1.54, 1.807) is 0 Å². The average Bonchev–Trinajstić information content (AvgIpc) is 2.10. The molecule has 14 heavy (non-hydrogen) atoms. The van der Waals surface area contributed by atoms with Crippen molar-refractivity contribution < 1.29 is 5.11 Å². The van der Waals surface area contributed by atoms with Crippen molar-refractivity contribution in [1.29, 1.82) is 0 Å². The normalized spacial score (nSPS) is 14.5. The molecule has 0 aliphatic rings. The Morgan fingerprint density at radius 1 is 1.29 bits per heavy atom. The van der Waals surface area contributed by atoms with Gasteiger partial charge < -0.3 is 5.11 Å². The van der Waals surface area contributed by atoms with Gasteiger partial charge >= 0.3 is 0 Å². The summed E-state index contributed by atoms with van der Waals surface area (Å²) in [5.41, 5.74) is 1.96. The molecule has 0 bridgehead atoms. The van der Waals surface area contributed by atoms with Crippen molar-refractivity contribution in [1.82, 2.24) is 0 Å². The summed E-state index contributed by atoms with van der Waals surface area (Å²) in [6.07, 6.45) is 4.23. The van der Waals surface area contributed by atoms with Crippen LogP contribution in [0.2, 0.25) is 0 Å². The van der Waals surface area contributed by atoms with Crippen LogP contribution in [0.15, 0.2) is 37.0 Å². The molecule has 80 valence electrons. The second kappa shape index (κ2) is 6.61. The number of hydrogen-bond acceptors (Lipinski definition) is 1. The fourth-order valence-corrected chi connectivity index (χ4v) is 1.36. The van der Waals surface area contributed by atoms with Crippen molar-refractivity contribution in [2.24, 2.45) is 5.92 Å². The third kappa shape index (κ3) is 5.03. The fourth-order valence-electron chi connectivity index (χ4n) is 1.36. The lowest BCUT2D eigenvalue weighted by atomic mass is 9.89. The maximum atomic E-state index is 9.68.